The highest BCUT2D eigenvalue weighted by Gasteiger charge is 2.18. The number of nitrogens with zero attached hydrogens (tertiary/aromatic N) is 1. The minimum Gasteiger partial charge on any atom is -0.439 e. The molecule has 4 rings (SSSR count). The first-order valence-electron chi connectivity index (χ1n) is 8.88. The number of hydrogen-bond donors (Lipinski definition) is 1. The van der Waals surface area contributed by atoms with Crippen molar-refractivity contribution in [1.29, 1.82) is 0 Å². The molecule has 1 aromatic carbocycles. The molecule has 0 saturated carbocycles. The first-order chi connectivity index (χ1) is 13.7. The highest BCUT2D eigenvalue weighted by molar-refractivity contribution is 7.17. The molecular formula is C21H18N2O4S. The number of ether oxygens (including phenoxy) is 1. The lowest BCUT2D eigenvalue weighted by atomic mass is 10.1. The highest BCUT2D eigenvalue weighted by atomic mass is 32.1. The summed E-state index contributed by atoms with van der Waals surface area (Å²) < 4.78 is 12.1. The molecule has 1 saturated heterocycles. The molecule has 1 fully saturated rings. The quantitative estimate of drug-likeness (QED) is 0.690. The van der Waals surface area contributed by atoms with Gasteiger partial charge in [-0.1, -0.05) is 18.1 Å². The third-order valence-corrected chi connectivity index (χ3v) is 5.40. The van der Waals surface area contributed by atoms with Crippen molar-refractivity contribution in [3.05, 3.63) is 45.9 Å². The van der Waals surface area contributed by atoms with Crippen molar-refractivity contribution in [1.82, 2.24) is 0 Å². The molecular weight excluding hydrogens is 376 g/mol. The van der Waals surface area contributed by atoms with Crippen molar-refractivity contribution in [3.8, 4) is 23.0 Å². The lowest BCUT2D eigenvalue weighted by Gasteiger charge is -2.27. The van der Waals surface area contributed by atoms with Gasteiger partial charge in [0.2, 0.25) is 5.43 Å². The molecule has 7 heteroatoms. The molecule has 1 aliphatic rings. The van der Waals surface area contributed by atoms with Crippen molar-refractivity contribution in [2.24, 2.45) is 0 Å². The van der Waals surface area contributed by atoms with E-state index in [1.807, 2.05) is 28.5 Å². The molecule has 6 nitrogen and oxygen atoms in total. The molecule has 3 aromatic rings. The molecule has 1 N–H and O–H groups in total. The third-order valence-electron chi connectivity index (χ3n) is 4.42. The molecule has 3 heterocycles. The van der Waals surface area contributed by atoms with Gasteiger partial charge in [-0.2, -0.15) is 0 Å². The Bertz CT molecular complexity index is 1150. The minimum absolute atomic E-state index is 0.0540. The molecule has 0 atom stereocenters. The standard InChI is InChI=1S/C21H18N2O4S/c1-2-4-18(25)22-15-6-3-5-14(11-15)16-13-28-21-17(24)12-19(27-20(16)21)23-7-9-26-10-8-23/h3,5-6,11-13H,7-10H2,1H3,(H,22,25). The van der Waals surface area contributed by atoms with Crippen LogP contribution in [-0.4, -0.2) is 32.2 Å². The smallest absolute Gasteiger partial charge is 0.300 e. The molecule has 1 amide bonds. The fourth-order valence-corrected chi connectivity index (χ4v) is 4.02. The zero-order chi connectivity index (χ0) is 19.5. The van der Waals surface area contributed by atoms with Crippen LogP contribution in [0.5, 0.6) is 0 Å². The van der Waals surface area contributed by atoms with Crippen molar-refractivity contribution in [2.45, 2.75) is 6.92 Å². The van der Waals surface area contributed by atoms with E-state index in [2.05, 4.69) is 17.2 Å². The molecule has 2 aromatic heterocycles. The molecule has 1 aliphatic heterocycles. The van der Waals surface area contributed by atoms with Gasteiger partial charge in [-0.3, -0.25) is 9.59 Å². The number of carbonyl (C=O) groups excluding carboxylic acids is 1. The Balaban J connectivity index is 1.74. The Labute approximate surface area is 165 Å². The number of hydrogen-bond acceptors (Lipinski definition) is 6. The Kier molecular flexibility index (Phi) is 5.15. The second-order valence-corrected chi connectivity index (χ2v) is 7.15. The lowest BCUT2D eigenvalue weighted by molar-refractivity contribution is -0.111. The molecule has 142 valence electrons. The maximum atomic E-state index is 12.6. The van der Waals surface area contributed by atoms with Crippen LogP contribution in [-0.2, 0) is 9.53 Å². The molecule has 0 unspecified atom stereocenters. The topological polar surface area (TPSA) is 71.8 Å². The van der Waals surface area contributed by atoms with Crippen LogP contribution in [0.2, 0.25) is 0 Å². The first-order valence-corrected chi connectivity index (χ1v) is 9.76. The lowest BCUT2D eigenvalue weighted by Crippen LogP contribution is -2.36. The van der Waals surface area contributed by atoms with E-state index in [1.165, 1.54) is 11.3 Å². The SMILES string of the molecule is CC#CC(=O)Nc1cccc(-c2csc3c(=O)cc(N4CCOCC4)oc23)c1. The zero-order valence-corrected chi connectivity index (χ0v) is 16.1. The average molecular weight is 394 g/mol. The summed E-state index contributed by atoms with van der Waals surface area (Å²) in [4.78, 5) is 26.3. The number of nitrogens with one attached hydrogen (secondary N) is 1. The van der Waals surface area contributed by atoms with Crippen LogP contribution in [0.25, 0.3) is 21.4 Å². The van der Waals surface area contributed by atoms with Gasteiger partial charge in [0.1, 0.15) is 4.70 Å². The van der Waals surface area contributed by atoms with Crippen molar-refractivity contribution in [3.63, 3.8) is 0 Å². The summed E-state index contributed by atoms with van der Waals surface area (Å²) >= 11 is 1.36. The molecule has 0 bridgehead atoms. The number of carbonyl (C=O) groups is 1. The average Bonchev–Trinajstić information content (AvgIpc) is 3.14. The summed E-state index contributed by atoms with van der Waals surface area (Å²) in [5, 5.41) is 4.65. The van der Waals surface area contributed by atoms with Crippen LogP contribution < -0.4 is 15.6 Å². The second-order valence-electron chi connectivity index (χ2n) is 6.27. The van der Waals surface area contributed by atoms with Gasteiger partial charge in [0.05, 0.1) is 13.2 Å². The Morgan fingerprint density at radius 3 is 2.86 bits per heavy atom. The van der Waals surface area contributed by atoms with Gasteiger partial charge in [-0.25, -0.2) is 0 Å². The van der Waals surface area contributed by atoms with Crippen LogP contribution in [0.1, 0.15) is 6.92 Å². The number of fused-ring (bicyclic) bond motifs is 1. The number of anilines is 2. The Morgan fingerprint density at radius 2 is 2.07 bits per heavy atom. The van der Waals surface area contributed by atoms with E-state index in [4.69, 9.17) is 9.15 Å². The third kappa shape index (κ3) is 3.65. The Hall–Kier alpha value is -3.08. The van der Waals surface area contributed by atoms with Gasteiger partial charge >= 0.3 is 0 Å². The summed E-state index contributed by atoms with van der Waals surface area (Å²) in [6.07, 6.45) is 0. The van der Waals surface area contributed by atoms with Crippen LogP contribution in [0.3, 0.4) is 0 Å². The van der Waals surface area contributed by atoms with E-state index in [9.17, 15) is 9.59 Å². The van der Waals surface area contributed by atoms with E-state index in [1.54, 1.807) is 19.1 Å². The first kappa shape index (κ1) is 18.3. The van der Waals surface area contributed by atoms with Crippen LogP contribution >= 0.6 is 11.3 Å². The van der Waals surface area contributed by atoms with Gasteiger partial charge in [0.25, 0.3) is 5.91 Å². The summed E-state index contributed by atoms with van der Waals surface area (Å²) in [6, 6.07) is 8.95. The number of benzene rings is 1. The normalized spacial score (nSPS) is 13.8. The van der Waals surface area contributed by atoms with E-state index < -0.39 is 0 Å². The molecule has 0 spiro atoms. The summed E-state index contributed by atoms with van der Waals surface area (Å²) in [6.45, 7) is 4.21. The van der Waals surface area contributed by atoms with Crippen LogP contribution in [0.15, 0.2) is 44.9 Å². The van der Waals surface area contributed by atoms with E-state index in [0.29, 0.717) is 48.2 Å². The predicted octanol–water partition coefficient (Wildman–Crippen LogP) is 3.32. The van der Waals surface area contributed by atoms with Crippen molar-refractivity contribution >= 4 is 39.1 Å². The maximum Gasteiger partial charge on any atom is 0.300 e. The number of rotatable bonds is 3. The highest BCUT2D eigenvalue weighted by Crippen LogP contribution is 2.35. The summed E-state index contributed by atoms with van der Waals surface area (Å²) in [7, 11) is 0. The number of amides is 1. The monoisotopic (exact) mass is 394 g/mol. The van der Waals surface area contributed by atoms with Gasteiger partial charge < -0.3 is 19.4 Å². The molecule has 0 radical (unpaired) electrons. The number of thiophene rings is 1. The van der Waals surface area contributed by atoms with Gasteiger partial charge in [-0.15, -0.1) is 11.3 Å². The molecule has 28 heavy (non-hydrogen) atoms. The predicted molar refractivity (Wildman–Crippen MR) is 111 cm³/mol. The zero-order valence-electron chi connectivity index (χ0n) is 15.3. The van der Waals surface area contributed by atoms with Crippen molar-refractivity contribution in [2.75, 3.05) is 36.5 Å². The largest absolute Gasteiger partial charge is 0.439 e. The van der Waals surface area contributed by atoms with Gasteiger partial charge in [0.15, 0.2) is 11.5 Å². The van der Waals surface area contributed by atoms with Gasteiger partial charge in [-0.05, 0) is 30.5 Å². The van der Waals surface area contributed by atoms with E-state index in [0.717, 1.165) is 11.1 Å². The number of morpholine rings is 1. The van der Waals surface area contributed by atoms with Crippen LogP contribution in [0, 0.1) is 11.8 Å². The Morgan fingerprint density at radius 1 is 1.25 bits per heavy atom. The summed E-state index contributed by atoms with van der Waals surface area (Å²) in [5.74, 6) is 5.22. The minimum atomic E-state index is -0.365. The fourth-order valence-electron chi connectivity index (χ4n) is 3.11. The van der Waals surface area contributed by atoms with E-state index >= 15 is 0 Å². The maximum absolute atomic E-state index is 12.6. The van der Waals surface area contributed by atoms with E-state index in [-0.39, 0.29) is 11.3 Å². The van der Waals surface area contributed by atoms with Gasteiger partial charge in [0, 0.05) is 35.8 Å². The van der Waals surface area contributed by atoms with Crippen molar-refractivity contribution < 1.29 is 13.9 Å². The summed E-state index contributed by atoms with van der Waals surface area (Å²) in [5.41, 5.74) is 2.83. The van der Waals surface area contributed by atoms with Crippen LogP contribution in [0.4, 0.5) is 11.6 Å². The molecule has 0 aliphatic carbocycles. The fraction of sp³-hybridized carbons (Fsp3) is 0.238. The second kappa shape index (κ2) is 7.89.